The highest BCUT2D eigenvalue weighted by Gasteiger charge is 2.20. The Hall–Kier alpha value is -0.870. The quantitative estimate of drug-likeness (QED) is 0.540. The van der Waals surface area contributed by atoms with Crippen molar-refractivity contribution >= 4 is 5.97 Å². The number of carbonyl (C=O) groups excluding carboxylic acids is 1. The normalized spacial score (nSPS) is 13.5. The summed E-state index contributed by atoms with van der Waals surface area (Å²) in [6, 6.07) is 0. The van der Waals surface area contributed by atoms with Crippen LogP contribution in [0, 0.1) is 5.41 Å². The van der Waals surface area contributed by atoms with Gasteiger partial charge in [0.1, 0.15) is 0 Å². The van der Waals surface area contributed by atoms with E-state index in [9.17, 15) is 9.90 Å². The van der Waals surface area contributed by atoms with Gasteiger partial charge in [-0.05, 0) is 11.8 Å². The van der Waals surface area contributed by atoms with Gasteiger partial charge in [-0.3, -0.25) is 0 Å². The van der Waals surface area contributed by atoms with Gasteiger partial charge in [-0.25, -0.2) is 4.79 Å². The van der Waals surface area contributed by atoms with Crippen LogP contribution in [0.2, 0.25) is 0 Å². The smallest absolute Gasteiger partial charge is 0.330 e. The second kappa shape index (κ2) is 6.56. The predicted molar refractivity (Wildman–Crippen MR) is 56.3 cm³/mol. The maximum atomic E-state index is 10.7. The molecule has 0 aliphatic carbocycles. The Balaban J connectivity index is 0. The molecule has 0 amide bonds. The molecule has 0 heterocycles. The third-order valence-electron chi connectivity index (χ3n) is 1.81. The largest absolute Gasteiger partial charge is 0.466 e. The summed E-state index contributed by atoms with van der Waals surface area (Å²) >= 11 is 0. The zero-order valence-electron chi connectivity index (χ0n) is 9.41. The molecule has 0 saturated carbocycles. The molecule has 4 N–H and O–H groups in total. The van der Waals surface area contributed by atoms with Crippen molar-refractivity contribution in [2.75, 3.05) is 7.11 Å². The Morgan fingerprint density at radius 1 is 1.50 bits per heavy atom. The average molecular weight is 203 g/mol. The lowest BCUT2D eigenvalue weighted by Gasteiger charge is -2.24. The van der Waals surface area contributed by atoms with Crippen molar-refractivity contribution in [2.45, 2.75) is 33.3 Å². The minimum Gasteiger partial charge on any atom is -0.466 e. The number of hydrogen-bond acceptors (Lipinski definition) is 4. The van der Waals surface area contributed by atoms with Crippen molar-refractivity contribution < 1.29 is 14.6 Å². The summed E-state index contributed by atoms with van der Waals surface area (Å²) in [4.78, 5) is 10.7. The summed E-state index contributed by atoms with van der Waals surface area (Å²) in [5.74, 6) is -0.388. The molecule has 14 heavy (non-hydrogen) atoms. The minimum absolute atomic E-state index is 0. The van der Waals surface area contributed by atoms with Gasteiger partial charge < -0.3 is 16.0 Å². The Bertz CT molecular complexity index is 194. The van der Waals surface area contributed by atoms with Crippen LogP contribution in [0.4, 0.5) is 0 Å². The number of aliphatic hydroxyl groups is 1. The number of rotatable bonds is 3. The molecule has 0 saturated heterocycles. The first kappa shape index (κ1) is 15.6. The van der Waals surface area contributed by atoms with Crippen molar-refractivity contribution in [3.8, 4) is 0 Å². The van der Waals surface area contributed by atoms with E-state index < -0.39 is 6.10 Å². The number of esters is 1. The molecule has 84 valence electrons. The first-order valence-corrected chi connectivity index (χ1v) is 4.30. The zero-order chi connectivity index (χ0) is 10.5. The molecular weight excluding hydrogens is 182 g/mol. The number of methoxy groups -OCH3 is 1. The molecular formula is C10H21NO3. The van der Waals surface area contributed by atoms with E-state index in [0.717, 1.165) is 0 Å². The van der Waals surface area contributed by atoms with Crippen molar-refractivity contribution in [2.24, 2.45) is 5.41 Å². The molecule has 4 heteroatoms. The standard InChI is InChI=1S/C10H18O3.H3N/c1-10(2,3)8(11)6-5-7-9(12)13-4;/h5,7-8,11H,6H2,1-4H3;1H3. The summed E-state index contributed by atoms with van der Waals surface area (Å²) in [5, 5.41) is 9.57. The van der Waals surface area contributed by atoms with Crippen molar-refractivity contribution in [1.82, 2.24) is 6.15 Å². The van der Waals surface area contributed by atoms with Gasteiger partial charge in [0.2, 0.25) is 0 Å². The number of carbonyl (C=O) groups is 1. The van der Waals surface area contributed by atoms with Crippen LogP contribution in [-0.2, 0) is 9.53 Å². The molecule has 0 radical (unpaired) electrons. The van der Waals surface area contributed by atoms with Crippen LogP contribution in [0.25, 0.3) is 0 Å². The van der Waals surface area contributed by atoms with Gasteiger partial charge in [0.05, 0.1) is 13.2 Å². The highest BCUT2D eigenvalue weighted by atomic mass is 16.5. The molecule has 0 aromatic carbocycles. The van der Waals surface area contributed by atoms with Crippen LogP contribution in [0.5, 0.6) is 0 Å². The van der Waals surface area contributed by atoms with E-state index in [1.165, 1.54) is 13.2 Å². The molecule has 0 bridgehead atoms. The maximum Gasteiger partial charge on any atom is 0.330 e. The summed E-state index contributed by atoms with van der Waals surface area (Å²) < 4.78 is 4.41. The predicted octanol–water partition coefficient (Wildman–Crippen LogP) is 1.67. The first-order valence-electron chi connectivity index (χ1n) is 4.30. The third-order valence-corrected chi connectivity index (χ3v) is 1.81. The minimum atomic E-state index is -0.437. The second-order valence-electron chi connectivity index (χ2n) is 4.04. The van der Waals surface area contributed by atoms with Gasteiger partial charge in [0.15, 0.2) is 0 Å². The molecule has 0 spiro atoms. The van der Waals surface area contributed by atoms with Crippen LogP contribution >= 0.6 is 0 Å². The Kier molecular flexibility index (Phi) is 7.31. The molecule has 0 aliphatic rings. The van der Waals surface area contributed by atoms with Crippen LogP contribution in [0.3, 0.4) is 0 Å². The fourth-order valence-electron chi connectivity index (χ4n) is 0.715. The average Bonchev–Trinajstić information content (AvgIpc) is 2.02. The fraction of sp³-hybridized carbons (Fsp3) is 0.700. The van der Waals surface area contributed by atoms with E-state index in [1.807, 2.05) is 20.8 Å². The zero-order valence-corrected chi connectivity index (χ0v) is 9.41. The van der Waals surface area contributed by atoms with Gasteiger partial charge in [-0.2, -0.15) is 0 Å². The van der Waals surface area contributed by atoms with Crippen molar-refractivity contribution in [1.29, 1.82) is 0 Å². The van der Waals surface area contributed by atoms with Crippen molar-refractivity contribution in [3.05, 3.63) is 12.2 Å². The van der Waals surface area contributed by atoms with Crippen LogP contribution in [0.15, 0.2) is 12.2 Å². The highest BCUT2D eigenvalue weighted by Crippen LogP contribution is 2.21. The van der Waals surface area contributed by atoms with Crippen LogP contribution in [-0.4, -0.2) is 24.3 Å². The third kappa shape index (κ3) is 6.62. The monoisotopic (exact) mass is 203 g/mol. The number of aliphatic hydroxyl groups excluding tert-OH is 1. The first-order chi connectivity index (χ1) is 5.88. The van der Waals surface area contributed by atoms with Crippen molar-refractivity contribution in [3.63, 3.8) is 0 Å². The Labute approximate surface area is 85.5 Å². The molecule has 0 aromatic heterocycles. The van der Waals surface area contributed by atoms with E-state index in [2.05, 4.69) is 4.74 Å². The Morgan fingerprint density at radius 3 is 2.36 bits per heavy atom. The van der Waals surface area contributed by atoms with Gasteiger partial charge >= 0.3 is 5.97 Å². The molecule has 1 unspecified atom stereocenters. The summed E-state index contributed by atoms with van der Waals surface area (Å²) in [6.45, 7) is 5.84. The topological polar surface area (TPSA) is 81.5 Å². The van der Waals surface area contributed by atoms with Gasteiger partial charge in [-0.15, -0.1) is 0 Å². The van der Waals surface area contributed by atoms with E-state index in [-0.39, 0.29) is 17.5 Å². The van der Waals surface area contributed by atoms with Gasteiger partial charge in [0.25, 0.3) is 0 Å². The summed E-state index contributed by atoms with van der Waals surface area (Å²) in [5.41, 5.74) is -0.152. The second-order valence-corrected chi connectivity index (χ2v) is 4.04. The summed E-state index contributed by atoms with van der Waals surface area (Å²) in [7, 11) is 1.33. The van der Waals surface area contributed by atoms with Gasteiger partial charge in [-0.1, -0.05) is 26.8 Å². The number of hydrogen-bond donors (Lipinski definition) is 2. The molecule has 0 fully saturated rings. The molecule has 4 nitrogen and oxygen atoms in total. The molecule has 0 aromatic rings. The lowest BCUT2D eigenvalue weighted by molar-refractivity contribution is -0.134. The van der Waals surface area contributed by atoms with Crippen LogP contribution in [0.1, 0.15) is 27.2 Å². The van der Waals surface area contributed by atoms with E-state index >= 15 is 0 Å². The molecule has 0 rings (SSSR count). The molecule has 0 aliphatic heterocycles. The summed E-state index contributed by atoms with van der Waals surface area (Å²) in [6.07, 6.45) is 2.99. The lowest BCUT2D eigenvalue weighted by atomic mass is 9.87. The van der Waals surface area contributed by atoms with E-state index in [4.69, 9.17) is 0 Å². The highest BCUT2D eigenvalue weighted by molar-refractivity contribution is 5.81. The lowest BCUT2D eigenvalue weighted by Crippen LogP contribution is -2.25. The fourth-order valence-corrected chi connectivity index (χ4v) is 0.715. The Morgan fingerprint density at radius 2 is 2.00 bits per heavy atom. The number of ether oxygens (including phenoxy) is 1. The van der Waals surface area contributed by atoms with E-state index in [1.54, 1.807) is 6.08 Å². The van der Waals surface area contributed by atoms with Crippen LogP contribution < -0.4 is 6.15 Å². The van der Waals surface area contributed by atoms with E-state index in [0.29, 0.717) is 6.42 Å². The maximum absolute atomic E-state index is 10.7. The molecule has 1 atom stereocenters. The SMILES string of the molecule is COC(=O)C=CCC(O)C(C)(C)C.N. The van der Waals surface area contributed by atoms with Gasteiger partial charge in [0, 0.05) is 6.08 Å².